The fourth-order valence-electron chi connectivity index (χ4n) is 1.58. The van der Waals surface area contributed by atoms with Crippen molar-refractivity contribution in [2.24, 2.45) is 5.73 Å². The van der Waals surface area contributed by atoms with E-state index >= 15 is 0 Å². The summed E-state index contributed by atoms with van der Waals surface area (Å²) in [6.45, 7) is 0.230. The topological polar surface area (TPSA) is 67.7 Å². The smallest absolute Gasteiger partial charge is 0.384 e. The monoisotopic (exact) mass is 268 g/mol. The molecule has 0 bridgehead atoms. The molecule has 7 heteroatoms. The van der Waals surface area contributed by atoms with Crippen molar-refractivity contribution in [3.05, 3.63) is 53.3 Å². The van der Waals surface area contributed by atoms with Crippen molar-refractivity contribution < 1.29 is 13.2 Å². The standard InChI is InChI=1S/C12H11F3N4/c13-12(14,15)10-5-6-19(18-10)7-8-1-3-9(4-2-8)11(16)17/h1-6H,7H2,(H3,16,17). The molecular weight excluding hydrogens is 257 g/mol. The van der Waals surface area contributed by atoms with Crippen LogP contribution in [-0.4, -0.2) is 15.6 Å². The van der Waals surface area contributed by atoms with Crippen molar-refractivity contribution >= 4 is 5.84 Å². The molecule has 2 rings (SSSR count). The van der Waals surface area contributed by atoms with Crippen molar-refractivity contribution in [3.8, 4) is 0 Å². The van der Waals surface area contributed by atoms with Gasteiger partial charge < -0.3 is 5.73 Å². The van der Waals surface area contributed by atoms with Gasteiger partial charge >= 0.3 is 6.18 Å². The van der Waals surface area contributed by atoms with E-state index in [1.165, 1.54) is 10.9 Å². The molecule has 0 aliphatic rings. The zero-order chi connectivity index (χ0) is 14.0. The summed E-state index contributed by atoms with van der Waals surface area (Å²) < 4.78 is 38.3. The Kier molecular flexibility index (Phi) is 3.28. The van der Waals surface area contributed by atoms with Gasteiger partial charge in [0, 0.05) is 11.8 Å². The predicted molar refractivity (Wildman–Crippen MR) is 63.8 cm³/mol. The molecule has 2 aromatic rings. The number of rotatable bonds is 3. The number of halogens is 3. The number of nitrogens with two attached hydrogens (primary N) is 1. The lowest BCUT2D eigenvalue weighted by molar-refractivity contribution is -0.141. The normalized spacial score (nSPS) is 11.5. The van der Waals surface area contributed by atoms with Crippen molar-refractivity contribution in [2.45, 2.75) is 12.7 Å². The first-order chi connectivity index (χ1) is 8.86. The molecule has 0 radical (unpaired) electrons. The van der Waals surface area contributed by atoms with Gasteiger partial charge in [0.2, 0.25) is 0 Å². The first-order valence-electron chi connectivity index (χ1n) is 5.40. The second-order valence-electron chi connectivity index (χ2n) is 4.01. The summed E-state index contributed by atoms with van der Waals surface area (Å²) in [6, 6.07) is 7.62. The van der Waals surface area contributed by atoms with Gasteiger partial charge in [-0.25, -0.2) is 0 Å². The number of hydrogen-bond donors (Lipinski definition) is 2. The third-order valence-electron chi connectivity index (χ3n) is 2.54. The Morgan fingerprint density at radius 3 is 2.32 bits per heavy atom. The number of benzene rings is 1. The molecule has 0 fully saturated rings. The van der Waals surface area contributed by atoms with Crippen LogP contribution in [0.15, 0.2) is 36.5 Å². The van der Waals surface area contributed by atoms with Crippen LogP contribution in [0, 0.1) is 5.41 Å². The van der Waals surface area contributed by atoms with Crippen LogP contribution in [0.5, 0.6) is 0 Å². The van der Waals surface area contributed by atoms with E-state index in [1.807, 2.05) is 0 Å². The molecule has 0 saturated carbocycles. The van der Waals surface area contributed by atoms with Gasteiger partial charge in [0.1, 0.15) is 5.84 Å². The minimum atomic E-state index is -4.43. The minimum absolute atomic E-state index is 0.0509. The zero-order valence-electron chi connectivity index (χ0n) is 9.78. The van der Waals surface area contributed by atoms with Gasteiger partial charge in [-0.05, 0) is 11.6 Å². The fraction of sp³-hybridized carbons (Fsp3) is 0.167. The van der Waals surface area contributed by atoms with Crippen molar-refractivity contribution in [1.82, 2.24) is 9.78 Å². The maximum absolute atomic E-state index is 12.4. The highest BCUT2D eigenvalue weighted by atomic mass is 19.4. The van der Waals surface area contributed by atoms with Crippen LogP contribution >= 0.6 is 0 Å². The maximum atomic E-state index is 12.4. The van der Waals surface area contributed by atoms with Crippen LogP contribution in [-0.2, 0) is 12.7 Å². The summed E-state index contributed by atoms with van der Waals surface area (Å²) in [5, 5.41) is 10.7. The van der Waals surface area contributed by atoms with Crippen molar-refractivity contribution in [3.63, 3.8) is 0 Å². The molecular formula is C12H11F3N4. The summed E-state index contributed by atoms with van der Waals surface area (Å²) in [5.41, 5.74) is 5.75. The first-order valence-corrected chi connectivity index (χ1v) is 5.40. The van der Waals surface area contributed by atoms with E-state index in [0.717, 1.165) is 11.6 Å². The Hall–Kier alpha value is -2.31. The largest absolute Gasteiger partial charge is 0.435 e. The predicted octanol–water partition coefficient (Wildman–Crippen LogP) is 2.23. The summed E-state index contributed by atoms with van der Waals surface area (Å²) in [5.74, 6) is -0.0509. The lowest BCUT2D eigenvalue weighted by Crippen LogP contribution is -2.11. The summed E-state index contributed by atoms with van der Waals surface area (Å²) in [7, 11) is 0. The third kappa shape index (κ3) is 3.12. The number of amidine groups is 1. The van der Waals surface area contributed by atoms with Crippen LogP contribution in [0.1, 0.15) is 16.8 Å². The number of nitrogens with one attached hydrogen (secondary N) is 1. The Labute approximate surface area is 107 Å². The molecule has 0 saturated heterocycles. The van der Waals surface area contributed by atoms with Gasteiger partial charge in [-0.3, -0.25) is 10.1 Å². The van der Waals surface area contributed by atoms with Crippen LogP contribution in [0.2, 0.25) is 0 Å². The van der Waals surface area contributed by atoms with E-state index < -0.39 is 11.9 Å². The van der Waals surface area contributed by atoms with Crippen molar-refractivity contribution in [2.75, 3.05) is 0 Å². The Morgan fingerprint density at radius 1 is 1.21 bits per heavy atom. The highest BCUT2D eigenvalue weighted by Gasteiger charge is 2.33. The van der Waals surface area contributed by atoms with Gasteiger partial charge in [0.15, 0.2) is 5.69 Å². The van der Waals surface area contributed by atoms with Gasteiger partial charge in [-0.15, -0.1) is 0 Å². The fourth-order valence-corrected chi connectivity index (χ4v) is 1.58. The van der Waals surface area contributed by atoms with Gasteiger partial charge in [0.25, 0.3) is 0 Å². The molecule has 0 amide bonds. The van der Waals surface area contributed by atoms with Crippen LogP contribution in [0.3, 0.4) is 0 Å². The van der Waals surface area contributed by atoms with E-state index in [2.05, 4.69) is 5.10 Å². The third-order valence-corrected chi connectivity index (χ3v) is 2.54. The van der Waals surface area contributed by atoms with Crippen molar-refractivity contribution in [1.29, 1.82) is 5.41 Å². The van der Waals surface area contributed by atoms with Crippen LogP contribution in [0.25, 0.3) is 0 Å². The average Bonchev–Trinajstić information content (AvgIpc) is 2.78. The molecule has 4 nitrogen and oxygen atoms in total. The quantitative estimate of drug-likeness (QED) is 0.662. The van der Waals surface area contributed by atoms with E-state index in [9.17, 15) is 13.2 Å². The molecule has 0 aliphatic carbocycles. The van der Waals surface area contributed by atoms with Gasteiger partial charge in [-0.2, -0.15) is 18.3 Å². The lowest BCUT2D eigenvalue weighted by atomic mass is 10.1. The van der Waals surface area contributed by atoms with E-state index in [1.54, 1.807) is 24.3 Å². The molecule has 0 spiro atoms. The first kappa shape index (κ1) is 13.1. The maximum Gasteiger partial charge on any atom is 0.435 e. The zero-order valence-corrected chi connectivity index (χ0v) is 9.78. The Balaban J connectivity index is 2.13. The summed E-state index contributed by atoms with van der Waals surface area (Å²) in [6.07, 6.45) is -3.15. The molecule has 19 heavy (non-hydrogen) atoms. The van der Waals surface area contributed by atoms with Gasteiger partial charge in [-0.1, -0.05) is 24.3 Å². The molecule has 0 atom stereocenters. The number of alkyl halides is 3. The number of nitrogens with zero attached hydrogens (tertiary/aromatic N) is 2. The second-order valence-corrected chi connectivity index (χ2v) is 4.01. The van der Waals surface area contributed by atoms with E-state index in [-0.39, 0.29) is 12.4 Å². The Bertz CT molecular complexity index is 584. The SMILES string of the molecule is N=C(N)c1ccc(Cn2ccc(C(F)(F)F)n2)cc1. The number of aromatic nitrogens is 2. The average molecular weight is 268 g/mol. The molecule has 1 aromatic carbocycles. The number of nitrogen functional groups attached to an aromatic ring is 1. The molecule has 3 N–H and O–H groups in total. The summed E-state index contributed by atoms with van der Waals surface area (Å²) >= 11 is 0. The molecule has 0 unspecified atom stereocenters. The highest BCUT2D eigenvalue weighted by Crippen LogP contribution is 2.27. The molecule has 1 heterocycles. The molecule has 100 valence electrons. The number of hydrogen-bond acceptors (Lipinski definition) is 2. The van der Waals surface area contributed by atoms with Crippen LogP contribution < -0.4 is 5.73 Å². The second kappa shape index (κ2) is 4.75. The lowest BCUT2D eigenvalue weighted by Gasteiger charge is -2.04. The summed E-state index contributed by atoms with van der Waals surface area (Å²) in [4.78, 5) is 0. The van der Waals surface area contributed by atoms with Gasteiger partial charge in [0.05, 0.1) is 6.54 Å². The molecule has 1 aromatic heterocycles. The Morgan fingerprint density at radius 2 is 1.84 bits per heavy atom. The van der Waals surface area contributed by atoms with Crippen LogP contribution in [0.4, 0.5) is 13.2 Å². The molecule has 0 aliphatic heterocycles. The minimum Gasteiger partial charge on any atom is -0.384 e. The highest BCUT2D eigenvalue weighted by molar-refractivity contribution is 5.94. The van der Waals surface area contributed by atoms with E-state index in [4.69, 9.17) is 11.1 Å². The van der Waals surface area contributed by atoms with E-state index in [0.29, 0.717) is 5.56 Å².